The van der Waals surface area contributed by atoms with Crippen LogP contribution in [0.3, 0.4) is 0 Å². The molecule has 0 radical (unpaired) electrons. The second-order valence-corrected chi connectivity index (χ2v) is 6.77. The van der Waals surface area contributed by atoms with E-state index in [-0.39, 0.29) is 23.5 Å². The first-order valence-corrected chi connectivity index (χ1v) is 8.54. The molecule has 0 unspecified atom stereocenters. The van der Waals surface area contributed by atoms with E-state index in [9.17, 15) is 10.2 Å². The van der Waals surface area contributed by atoms with Crippen LogP contribution in [0.1, 0.15) is 30.9 Å². The molecule has 1 heterocycles. The Morgan fingerprint density at radius 2 is 1.88 bits per heavy atom. The van der Waals surface area contributed by atoms with Gasteiger partial charge in [0, 0.05) is 5.92 Å². The maximum absolute atomic E-state index is 9.88. The van der Waals surface area contributed by atoms with Gasteiger partial charge in [-0.05, 0) is 49.2 Å². The first-order valence-electron chi connectivity index (χ1n) is 8.54. The summed E-state index contributed by atoms with van der Waals surface area (Å²) >= 11 is 0. The molecule has 5 heteroatoms. The van der Waals surface area contributed by atoms with Crippen LogP contribution in [0, 0.1) is 0 Å². The van der Waals surface area contributed by atoms with Crippen LogP contribution in [-0.2, 0) is 9.47 Å². The number of hydrogen-bond donors (Lipinski definition) is 2. The summed E-state index contributed by atoms with van der Waals surface area (Å²) in [7, 11) is 1.53. The van der Waals surface area contributed by atoms with E-state index >= 15 is 0 Å². The number of benzene rings is 2. The summed E-state index contributed by atoms with van der Waals surface area (Å²) in [5.74, 6) is 0.0394. The quantitative estimate of drug-likeness (QED) is 0.846. The zero-order valence-corrected chi connectivity index (χ0v) is 15.2. The van der Waals surface area contributed by atoms with Crippen molar-refractivity contribution < 1.29 is 24.4 Å². The predicted octanol–water partition coefficient (Wildman–Crippen LogP) is 4.05. The smallest absolute Gasteiger partial charge is 0.163 e. The Labute approximate surface area is 153 Å². The van der Waals surface area contributed by atoms with Gasteiger partial charge in [0.15, 0.2) is 17.3 Å². The Morgan fingerprint density at radius 1 is 1.15 bits per heavy atom. The summed E-state index contributed by atoms with van der Waals surface area (Å²) in [6.07, 6.45) is 3.87. The highest BCUT2D eigenvalue weighted by atomic mass is 16.7. The molecule has 5 nitrogen and oxygen atoms in total. The molecule has 2 aromatic carbocycles. The van der Waals surface area contributed by atoms with Crippen molar-refractivity contribution in [3.63, 3.8) is 0 Å². The fourth-order valence-corrected chi connectivity index (χ4v) is 3.04. The van der Waals surface area contributed by atoms with E-state index in [1.807, 2.05) is 50.3 Å². The maximum atomic E-state index is 9.88. The lowest BCUT2D eigenvalue weighted by atomic mass is 9.92. The van der Waals surface area contributed by atoms with Gasteiger partial charge in [-0.3, -0.25) is 0 Å². The summed E-state index contributed by atoms with van der Waals surface area (Å²) in [6, 6.07) is 12.3. The fourth-order valence-electron chi connectivity index (χ4n) is 3.04. The van der Waals surface area contributed by atoms with Crippen LogP contribution in [0.5, 0.6) is 17.2 Å². The molecule has 0 spiro atoms. The van der Waals surface area contributed by atoms with E-state index in [2.05, 4.69) is 0 Å². The molecule has 3 rings (SSSR count). The van der Waals surface area contributed by atoms with Crippen LogP contribution in [0.2, 0.25) is 0 Å². The van der Waals surface area contributed by atoms with Gasteiger partial charge >= 0.3 is 0 Å². The first-order chi connectivity index (χ1) is 12.4. The van der Waals surface area contributed by atoms with Crippen molar-refractivity contribution >= 4 is 6.08 Å². The molecule has 0 aliphatic carbocycles. The monoisotopic (exact) mass is 356 g/mol. The predicted molar refractivity (Wildman–Crippen MR) is 99.4 cm³/mol. The van der Waals surface area contributed by atoms with Crippen LogP contribution >= 0.6 is 0 Å². The first kappa shape index (κ1) is 18.3. The van der Waals surface area contributed by atoms with Gasteiger partial charge in [0.25, 0.3) is 0 Å². The molecule has 2 aromatic rings. The van der Waals surface area contributed by atoms with E-state index in [0.717, 1.165) is 11.1 Å². The minimum atomic E-state index is -0.629. The van der Waals surface area contributed by atoms with E-state index < -0.39 is 5.79 Å². The van der Waals surface area contributed by atoms with Crippen LogP contribution in [0.4, 0.5) is 0 Å². The number of ether oxygens (including phenoxy) is 3. The fraction of sp³-hybridized carbons (Fsp3) is 0.333. The summed E-state index contributed by atoms with van der Waals surface area (Å²) in [6.45, 7) is 4.26. The highest BCUT2D eigenvalue weighted by Gasteiger charge is 2.37. The van der Waals surface area contributed by atoms with E-state index in [0.29, 0.717) is 12.4 Å². The SMILES string of the molecule is COc1cc([C@H](C=Cc2ccc(O)cc2)[C@H]2COC(C)(C)O2)ccc1O. The number of hydrogen-bond acceptors (Lipinski definition) is 5. The lowest BCUT2D eigenvalue weighted by Gasteiger charge is -2.23. The molecular formula is C21H24O5. The van der Waals surface area contributed by atoms with Crippen LogP contribution in [0.25, 0.3) is 6.08 Å². The van der Waals surface area contributed by atoms with Gasteiger partial charge in [-0.25, -0.2) is 0 Å². The number of rotatable bonds is 5. The Morgan fingerprint density at radius 3 is 2.50 bits per heavy atom. The van der Waals surface area contributed by atoms with Crippen molar-refractivity contribution in [2.24, 2.45) is 0 Å². The molecule has 138 valence electrons. The molecule has 0 aromatic heterocycles. The number of aromatic hydroxyl groups is 2. The van der Waals surface area contributed by atoms with Gasteiger partial charge in [-0.15, -0.1) is 0 Å². The van der Waals surface area contributed by atoms with Crippen LogP contribution < -0.4 is 4.74 Å². The minimum Gasteiger partial charge on any atom is -0.508 e. The number of phenolic OH excluding ortho intramolecular Hbond substituents is 2. The molecule has 2 atom stereocenters. The summed E-state index contributed by atoms with van der Waals surface area (Å²) in [5, 5.41) is 19.3. The number of phenols is 2. The largest absolute Gasteiger partial charge is 0.508 e. The third kappa shape index (κ3) is 4.18. The third-order valence-electron chi connectivity index (χ3n) is 4.41. The maximum Gasteiger partial charge on any atom is 0.163 e. The topological polar surface area (TPSA) is 68.2 Å². The lowest BCUT2D eigenvalue weighted by molar-refractivity contribution is -0.139. The van der Waals surface area contributed by atoms with E-state index in [1.165, 1.54) is 7.11 Å². The van der Waals surface area contributed by atoms with Crippen molar-refractivity contribution in [1.82, 2.24) is 0 Å². The van der Waals surface area contributed by atoms with Crippen molar-refractivity contribution in [3.05, 3.63) is 59.7 Å². The van der Waals surface area contributed by atoms with Gasteiger partial charge in [0.2, 0.25) is 0 Å². The number of methoxy groups -OCH3 is 1. The Balaban J connectivity index is 1.92. The lowest BCUT2D eigenvalue weighted by Crippen LogP contribution is -2.24. The Kier molecular flexibility index (Phi) is 5.20. The second-order valence-electron chi connectivity index (χ2n) is 6.77. The molecule has 1 fully saturated rings. The van der Waals surface area contributed by atoms with Crippen LogP contribution in [0.15, 0.2) is 48.5 Å². The second kappa shape index (κ2) is 7.40. The standard InChI is InChI=1S/C21H24O5/c1-21(2)25-13-20(26-21)17(10-6-14-4-8-16(22)9-5-14)15-7-11-18(23)19(12-15)24-3/h4-12,17,20,22-23H,13H2,1-3H3/t17-,20+/m0/s1. The molecular weight excluding hydrogens is 332 g/mol. The average molecular weight is 356 g/mol. The summed E-state index contributed by atoms with van der Waals surface area (Å²) in [5.41, 5.74) is 1.93. The normalized spacial score (nSPS) is 20.3. The van der Waals surface area contributed by atoms with Gasteiger partial charge in [-0.2, -0.15) is 0 Å². The third-order valence-corrected chi connectivity index (χ3v) is 4.41. The average Bonchev–Trinajstić information content (AvgIpc) is 2.97. The van der Waals surface area contributed by atoms with Crippen molar-refractivity contribution in [2.75, 3.05) is 13.7 Å². The van der Waals surface area contributed by atoms with Crippen molar-refractivity contribution in [1.29, 1.82) is 0 Å². The van der Waals surface area contributed by atoms with E-state index in [4.69, 9.17) is 14.2 Å². The molecule has 2 N–H and O–H groups in total. The molecule has 0 bridgehead atoms. The molecule has 1 saturated heterocycles. The molecule has 0 amide bonds. The minimum absolute atomic E-state index is 0.0833. The molecule has 0 saturated carbocycles. The highest BCUT2D eigenvalue weighted by molar-refractivity contribution is 5.53. The van der Waals surface area contributed by atoms with Gasteiger partial charge in [0.05, 0.1) is 19.8 Å². The van der Waals surface area contributed by atoms with Crippen molar-refractivity contribution in [3.8, 4) is 17.2 Å². The van der Waals surface area contributed by atoms with Gasteiger partial charge in [0.1, 0.15) is 5.75 Å². The van der Waals surface area contributed by atoms with E-state index in [1.54, 1.807) is 18.2 Å². The molecule has 1 aliphatic heterocycles. The van der Waals surface area contributed by atoms with Gasteiger partial charge in [-0.1, -0.05) is 30.4 Å². The Hall–Kier alpha value is -2.50. The zero-order chi connectivity index (χ0) is 18.7. The van der Waals surface area contributed by atoms with Crippen LogP contribution in [-0.4, -0.2) is 35.8 Å². The molecule has 1 aliphatic rings. The molecule has 26 heavy (non-hydrogen) atoms. The zero-order valence-electron chi connectivity index (χ0n) is 15.2. The van der Waals surface area contributed by atoms with Gasteiger partial charge < -0.3 is 24.4 Å². The summed E-state index contributed by atoms with van der Waals surface area (Å²) in [4.78, 5) is 0. The van der Waals surface area contributed by atoms with Crippen molar-refractivity contribution in [2.45, 2.75) is 31.7 Å². The highest BCUT2D eigenvalue weighted by Crippen LogP contribution is 2.37. The summed E-state index contributed by atoms with van der Waals surface area (Å²) < 4.78 is 17.0. The Bertz CT molecular complexity index is 779.